The molecule has 0 spiro atoms. The number of ether oxygens (including phenoxy) is 1. The second kappa shape index (κ2) is 4.78. The molecule has 5 unspecified atom stereocenters. The standard InChI is InChI=1S/C21H28O2/c1-13-5-7-18-19-20(13,3)10-9-14(2)21(19,4)12-15-11-16(22)6-8-17(15)23-18/h5-6,8,11,14,18-19,22H,7,9-10,12H2,1-4H3. The SMILES string of the molecule is CC1=CCC2Oc3ccc(O)cc3CC3(C)C(C)CCC1(C)C23. The van der Waals surface area contributed by atoms with Crippen LogP contribution in [-0.4, -0.2) is 11.2 Å². The van der Waals surface area contributed by atoms with Crippen LogP contribution in [-0.2, 0) is 6.42 Å². The summed E-state index contributed by atoms with van der Waals surface area (Å²) in [7, 11) is 0. The van der Waals surface area contributed by atoms with Crippen molar-refractivity contribution < 1.29 is 9.84 Å². The molecule has 1 heterocycles. The van der Waals surface area contributed by atoms with Crippen molar-refractivity contribution in [3.8, 4) is 11.5 Å². The molecule has 0 radical (unpaired) electrons. The summed E-state index contributed by atoms with van der Waals surface area (Å²) in [4.78, 5) is 0. The van der Waals surface area contributed by atoms with Crippen LogP contribution in [0.4, 0.5) is 0 Å². The summed E-state index contributed by atoms with van der Waals surface area (Å²) in [5.74, 6) is 2.54. The maximum Gasteiger partial charge on any atom is 0.123 e. The third-order valence-corrected chi connectivity index (χ3v) is 7.44. The Bertz CT molecular complexity index is 676. The van der Waals surface area contributed by atoms with E-state index in [4.69, 9.17) is 4.74 Å². The first-order chi connectivity index (χ1) is 10.8. The molecule has 5 atom stereocenters. The van der Waals surface area contributed by atoms with Gasteiger partial charge < -0.3 is 9.84 Å². The Balaban J connectivity index is 1.89. The number of allylic oxidation sites excluding steroid dienone is 1. The van der Waals surface area contributed by atoms with Crippen molar-refractivity contribution in [2.45, 2.75) is 59.5 Å². The maximum atomic E-state index is 9.94. The molecule has 0 saturated heterocycles. The monoisotopic (exact) mass is 312 g/mol. The van der Waals surface area contributed by atoms with Crippen LogP contribution in [0.5, 0.6) is 11.5 Å². The molecule has 1 fully saturated rings. The van der Waals surface area contributed by atoms with Gasteiger partial charge in [-0.15, -0.1) is 0 Å². The Kier molecular flexibility index (Phi) is 3.14. The van der Waals surface area contributed by atoms with Crippen LogP contribution in [0.1, 0.15) is 52.5 Å². The lowest BCUT2D eigenvalue weighted by molar-refractivity contribution is -0.0889. The molecule has 124 valence electrons. The zero-order valence-corrected chi connectivity index (χ0v) is 14.7. The minimum Gasteiger partial charge on any atom is -0.508 e. The summed E-state index contributed by atoms with van der Waals surface area (Å²) in [5.41, 5.74) is 3.19. The van der Waals surface area contributed by atoms with Crippen molar-refractivity contribution in [1.82, 2.24) is 0 Å². The van der Waals surface area contributed by atoms with Crippen LogP contribution in [0.25, 0.3) is 0 Å². The van der Waals surface area contributed by atoms with Gasteiger partial charge in [0, 0.05) is 12.3 Å². The molecule has 2 heteroatoms. The highest BCUT2D eigenvalue weighted by atomic mass is 16.5. The normalized spacial score (nSPS) is 41.9. The van der Waals surface area contributed by atoms with E-state index >= 15 is 0 Å². The average molecular weight is 312 g/mol. The van der Waals surface area contributed by atoms with Crippen LogP contribution in [0, 0.1) is 22.7 Å². The van der Waals surface area contributed by atoms with Gasteiger partial charge >= 0.3 is 0 Å². The topological polar surface area (TPSA) is 29.5 Å². The highest BCUT2D eigenvalue weighted by molar-refractivity contribution is 5.42. The quantitative estimate of drug-likeness (QED) is 0.675. The summed E-state index contributed by atoms with van der Waals surface area (Å²) in [5, 5.41) is 9.94. The van der Waals surface area contributed by atoms with Crippen molar-refractivity contribution in [1.29, 1.82) is 0 Å². The first-order valence-electron chi connectivity index (χ1n) is 9.00. The average Bonchev–Trinajstić information content (AvgIpc) is 2.62. The second-order valence-electron chi connectivity index (χ2n) is 8.59. The fourth-order valence-corrected chi connectivity index (χ4v) is 5.77. The summed E-state index contributed by atoms with van der Waals surface area (Å²) in [6, 6.07) is 5.62. The zero-order chi connectivity index (χ0) is 16.4. The van der Waals surface area contributed by atoms with Crippen LogP contribution in [0.15, 0.2) is 29.8 Å². The molecule has 1 aromatic rings. The van der Waals surface area contributed by atoms with Gasteiger partial charge in [-0.3, -0.25) is 0 Å². The summed E-state index contributed by atoms with van der Waals surface area (Å²) < 4.78 is 6.52. The van der Waals surface area contributed by atoms with Gasteiger partial charge in [0.1, 0.15) is 17.6 Å². The minimum absolute atomic E-state index is 0.215. The number of phenols is 1. The number of benzene rings is 1. The van der Waals surface area contributed by atoms with E-state index in [2.05, 4.69) is 33.8 Å². The van der Waals surface area contributed by atoms with Crippen LogP contribution < -0.4 is 4.74 Å². The molecule has 3 aliphatic rings. The zero-order valence-electron chi connectivity index (χ0n) is 14.7. The number of phenolic OH excluding ortho intramolecular Hbond substituents is 1. The van der Waals surface area contributed by atoms with Crippen molar-refractivity contribution in [3.05, 3.63) is 35.4 Å². The Labute approximate surface area is 139 Å². The van der Waals surface area contributed by atoms with Gasteiger partial charge in [0.2, 0.25) is 0 Å². The number of hydrogen-bond acceptors (Lipinski definition) is 2. The lowest BCUT2D eigenvalue weighted by Gasteiger charge is -2.59. The predicted octanol–water partition coefficient (Wildman–Crippen LogP) is 5.10. The van der Waals surface area contributed by atoms with Gasteiger partial charge in [0.25, 0.3) is 0 Å². The lowest BCUT2D eigenvalue weighted by Crippen LogP contribution is -2.56. The van der Waals surface area contributed by atoms with Gasteiger partial charge in [-0.2, -0.15) is 0 Å². The second-order valence-corrected chi connectivity index (χ2v) is 8.59. The molecule has 1 aliphatic heterocycles. The predicted molar refractivity (Wildman–Crippen MR) is 92.7 cm³/mol. The summed E-state index contributed by atoms with van der Waals surface area (Å²) in [6.07, 6.45) is 7.20. The number of aromatic hydroxyl groups is 1. The van der Waals surface area contributed by atoms with Crippen molar-refractivity contribution in [2.75, 3.05) is 0 Å². The van der Waals surface area contributed by atoms with E-state index < -0.39 is 0 Å². The fraction of sp³-hybridized carbons (Fsp3) is 0.619. The van der Waals surface area contributed by atoms with Crippen LogP contribution in [0.3, 0.4) is 0 Å². The van der Waals surface area contributed by atoms with Crippen LogP contribution in [0.2, 0.25) is 0 Å². The Morgan fingerprint density at radius 3 is 2.83 bits per heavy atom. The third kappa shape index (κ3) is 2.00. The summed E-state index contributed by atoms with van der Waals surface area (Å²) >= 11 is 0. The van der Waals surface area contributed by atoms with Crippen molar-refractivity contribution in [3.63, 3.8) is 0 Å². The fourth-order valence-electron chi connectivity index (χ4n) is 5.77. The van der Waals surface area contributed by atoms with E-state index in [1.807, 2.05) is 12.1 Å². The molecule has 23 heavy (non-hydrogen) atoms. The van der Waals surface area contributed by atoms with E-state index in [1.165, 1.54) is 18.4 Å². The first-order valence-corrected chi connectivity index (χ1v) is 9.00. The van der Waals surface area contributed by atoms with Crippen LogP contribution >= 0.6 is 0 Å². The highest BCUT2D eigenvalue weighted by Gasteiger charge is 2.58. The third-order valence-electron chi connectivity index (χ3n) is 7.44. The van der Waals surface area contributed by atoms with E-state index in [0.29, 0.717) is 17.6 Å². The molecular formula is C21H28O2. The van der Waals surface area contributed by atoms with Gasteiger partial charge in [0.05, 0.1) is 0 Å². The smallest absolute Gasteiger partial charge is 0.123 e. The Morgan fingerprint density at radius 1 is 1.26 bits per heavy atom. The molecular weight excluding hydrogens is 284 g/mol. The van der Waals surface area contributed by atoms with Gasteiger partial charge in [0.15, 0.2) is 0 Å². The number of rotatable bonds is 0. The number of fused-ring (bicyclic) bond motifs is 1. The molecule has 0 aromatic heterocycles. The van der Waals surface area contributed by atoms with Crippen molar-refractivity contribution >= 4 is 0 Å². The van der Waals surface area contributed by atoms with E-state index in [0.717, 1.165) is 18.6 Å². The minimum atomic E-state index is 0.215. The Morgan fingerprint density at radius 2 is 2.04 bits per heavy atom. The molecule has 0 bridgehead atoms. The molecule has 2 aliphatic carbocycles. The van der Waals surface area contributed by atoms with Gasteiger partial charge in [-0.05, 0) is 66.7 Å². The number of hydrogen-bond donors (Lipinski definition) is 1. The van der Waals surface area contributed by atoms with Gasteiger partial charge in [-0.25, -0.2) is 0 Å². The largest absolute Gasteiger partial charge is 0.508 e. The molecule has 2 nitrogen and oxygen atoms in total. The molecule has 1 N–H and O–H groups in total. The van der Waals surface area contributed by atoms with E-state index in [9.17, 15) is 5.11 Å². The molecule has 1 saturated carbocycles. The van der Waals surface area contributed by atoms with E-state index in [1.54, 1.807) is 11.6 Å². The highest BCUT2D eigenvalue weighted by Crippen LogP contribution is 2.63. The maximum absolute atomic E-state index is 9.94. The van der Waals surface area contributed by atoms with Crippen molar-refractivity contribution in [2.24, 2.45) is 22.7 Å². The molecule has 1 aromatic carbocycles. The lowest BCUT2D eigenvalue weighted by atomic mass is 9.46. The molecule has 4 rings (SSSR count). The van der Waals surface area contributed by atoms with E-state index in [-0.39, 0.29) is 16.9 Å². The van der Waals surface area contributed by atoms with Gasteiger partial charge in [-0.1, -0.05) is 32.4 Å². The molecule has 0 amide bonds. The Hall–Kier alpha value is -1.44. The summed E-state index contributed by atoms with van der Waals surface area (Å²) in [6.45, 7) is 9.65. The first kappa shape index (κ1) is 15.1.